The molecule has 92 valence electrons. The largest absolute Gasteiger partial charge is 0.243 e. The summed E-state index contributed by atoms with van der Waals surface area (Å²) in [5, 5.41) is 0. The van der Waals surface area contributed by atoms with Gasteiger partial charge in [0.1, 0.15) is 0 Å². The van der Waals surface area contributed by atoms with E-state index in [4.69, 9.17) is 0 Å². The van der Waals surface area contributed by atoms with Crippen molar-refractivity contribution in [3.8, 4) is 0 Å². The van der Waals surface area contributed by atoms with Crippen molar-refractivity contribution in [2.75, 3.05) is 13.1 Å². The first-order valence-corrected chi connectivity index (χ1v) is 7.17. The van der Waals surface area contributed by atoms with Gasteiger partial charge in [-0.05, 0) is 24.0 Å². The van der Waals surface area contributed by atoms with Gasteiger partial charge < -0.3 is 0 Å². The van der Waals surface area contributed by atoms with Crippen LogP contribution in [-0.2, 0) is 10.0 Å². The molecule has 0 N–H and O–H groups in total. The minimum absolute atomic E-state index is 0.258. The Morgan fingerprint density at radius 3 is 2.47 bits per heavy atom. The number of rotatable bonds is 3. The van der Waals surface area contributed by atoms with Crippen LogP contribution in [0.1, 0.15) is 6.92 Å². The zero-order valence-corrected chi connectivity index (χ0v) is 10.7. The van der Waals surface area contributed by atoms with E-state index in [0.717, 1.165) is 0 Å². The lowest BCUT2D eigenvalue weighted by Crippen LogP contribution is -2.29. The van der Waals surface area contributed by atoms with Gasteiger partial charge >= 0.3 is 0 Å². The molecule has 0 saturated carbocycles. The van der Waals surface area contributed by atoms with Crippen molar-refractivity contribution >= 4 is 10.0 Å². The van der Waals surface area contributed by atoms with Crippen LogP contribution in [0.3, 0.4) is 0 Å². The van der Waals surface area contributed by atoms with Crippen molar-refractivity contribution in [2.45, 2.75) is 11.8 Å². The molecule has 1 aliphatic rings. The maximum Gasteiger partial charge on any atom is 0.243 e. The summed E-state index contributed by atoms with van der Waals surface area (Å²) in [5.41, 5.74) is 0. The summed E-state index contributed by atoms with van der Waals surface area (Å²) in [4.78, 5) is 0.372. The van der Waals surface area contributed by atoms with Gasteiger partial charge in [-0.2, -0.15) is 4.31 Å². The predicted molar refractivity (Wildman–Crippen MR) is 68.1 cm³/mol. The second-order valence-electron chi connectivity index (χ2n) is 4.51. The van der Waals surface area contributed by atoms with E-state index in [2.05, 4.69) is 13.5 Å². The van der Waals surface area contributed by atoms with Crippen LogP contribution in [-0.4, -0.2) is 25.8 Å². The molecule has 2 rings (SSSR count). The van der Waals surface area contributed by atoms with Crippen LogP contribution in [0.5, 0.6) is 0 Å². The Hall–Kier alpha value is -1.13. The average molecular weight is 251 g/mol. The van der Waals surface area contributed by atoms with E-state index in [-0.39, 0.29) is 5.92 Å². The summed E-state index contributed by atoms with van der Waals surface area (Å²) >= 11 is 0. The normalized spacial score (nSPS) is 25.9. The highest BCUT2D eigenvalue weighted by atomic mass is 32.2. The third-order valence-corrected chi connectivity index (χ3v) is 5.17. The van der Waals surface area contributed by atoms with Crippen molar-refractivity contribution in [1.82, 2.24) is 4.31 Å². The molecular weight excluding hydrogens is 234 g/mol. The lowest BCUT2D eigenvalue weighted by atomic mass is 9.99. The van der Waals surface area contributed by atoms with E-state index >= 15 is 0 Å². The second kappa shape index (κ2) is 4.63. The Morgan fingerprint density at radius 1 is 1.29 bits per heavy atom. The molecule has 1 aromatic rings. The van der Waals surface area contributed by atoms with Crippen molar-refractivity contribution in [1.29, 1.82) is 0 Å². The third-order valence-electron chi connectivity index (χ3n) is 3.32. The Balaban J connectivity index is 2.27. The van der Waals surface area contributed by atoms with Crippen LogP contribution in [0.2, 0.25) is 0 Å². The number of nitrogens with zero attached hydrogens (tertiary/aromatic N) is 1. The van der Waals surface area contributed by atoms with Crippen molar-refractivity contribution in [3.05, 3.63) is 43.0 Å². The quantitative estimate of drug-likeness (QED) is 0.772. The fraction of sp³-hybridized carbons (Fsp3) is 0.385. The van der Waals surface area contributed by atoms with Crippen molar-refractivity contribution in [3.63, 3.8) is 0 Å². The Labute approximate surface area is 103 Å². The van der Waals surface area contributed by atoms with Gasteiger partial charge in [-0.25, -0.2) is 8.42 Å². The molecule has 1 aromatic carbocycles. The minimum atomic E-state index is -3.33. The van der Waals surface area contributed by atoms with E-state index in [0.29, 0.717) is 23.9 Å². The van der Waals surface area contributed by atoms with E-state index in [1.165, 1.54) is 0 Å². The number of sulfonamides is 1. The molecular formula is C13H17NO2S. The lowest BCUT2D eigenvalue weighted by molar-refractivity contribution is 0.464. The van der Waals surface area contributed by atoms with Gasteiger partial charge in [-0.1, -0.05) is 31.2 Å². The van der Waals surface area contributed by atoms with Crippen LogP contribution in [0.15, 0.2) is 47.9 Å². The number of hydrogen-bond donors (Lipinski definition) is 0. The topological polar surface area (TPSA) is 37.4 Å². The molecule has 3 nitrogen and oxygen atoms in total. The Bertz CT molecular complexity index is 495. The van der Waals surface area contributed by atoms with Crippen LogP contribution in [0, 0.1) is 11.8 Å². The summed E-state index contributed by atoms with van der Waals surface area (Å²) in [6.45, 7) is 6.94. The molecule has 0 radical (unpaired) electrons. The van der Waals surface area contributed by atoms with E-state index in [1.54, 1.807) is 28.6 Å². The number of benzene rings is 1. The third kappa shape index (κ3) is 2.28. The SMILES string of the molecule is C=C[C@@H]1CN(S(=O)(=O)c2ccccc2)C[C@@H]1C. The molecule has 1 saturated heterocycles. The summed E-state index contributed by atoms with van der Waals surface area (Å²) < 4.78 is 26.2. The molecule has 1 heterocycles. The molecule has 1 fully saturated rings. The molecule has 0 bridgehead atoms. The monoisotopic (exact) mass is 251 g/mol. The highest BCUT2D eigenvalue weighted by Gasteiger charge is 2.35. The first-order chi connectivity index (χ1) is 8.05. The average Bonchev–Trinajstić information content (AvgIpc) is 2.72. The molecule has 0 amide bonds. The van der Waals surface area contributed by atoms with Crippen LogP contribution in [0.4, 0.5) is 0 Å². The van der Waals surface area contributed by atoms with Gasteiger partial charge in [0.15, 0.2) is 0 Å². The zero-order chi connectivity index (χ0) is 12.5. The highest BCUT2D eigenvalue weighted by molar-refractivity contribution is 7.89. The van der Waals surface area contributed by atoms with Crippen LogP contribution >= 0.6 is 0 Å². The predicted octanol–water partition coefficient (Wildman–Crippen LogP) is 2.13. The zero-order valence-electron chi connectivity index (χ0n) is 9.91. The maximum absolute atomic E-state index is 12.3. The van der Waals surface area contributed by atoms with Gasteiger partial charge in [-0.15, -0.1) is 6.58 Å². The lowest BCUT2D eigenvalue weighted by Gasteiger charge is -2.15. The van der Waals surface area contributed by atoms with E-state index in [9.17, 15) is 8.42 Å². The summed E-state index contributed by atoms with van der Waals surface area (Å²) in [6.07, 6.45) is 1.85. The summed E-state index contributed by atoms with van der Waals surface area (Å²) in [7, 11) is -3.33. The molecule has 17 heavy (non-hydrogen) atoms. The molecule has 4 heteroatoms. The fourth-order valence-corrected chi connectivity index (χ4v) is 3.79. The van der Waals surface area contributed by atoms with Gasteiger partial charge in [0.25, 0.3) is 0 Å². The Kier molecular flexibility index (Phi) is 3.35. The highest BCUT2D eigenvalue weighted by Crippen LogP contribution is 2.28. The standard InChI is InChI=1S/C13H17NO2S/c1-3-12-10-14(9-11(12)2)17(15,16)13-7-5-4-6-8-13/h3-8,11-12H,1,9-10H2,2H3/t11-,12+/m0/s1. The molecule has 0 spiro atoms. The van der Waals surface area contributed by atoms with Gasteiger partial charge in [0.05, 0.1) is 4.90 Å². The minimum Gasteiger partial charge on any atom is -0.207 e. The van der Waals surface area contributed by atoms with Gasteiger partial charge in [0.2, 0.25) is 10.0 Å². The van der Waals surface area contributed by atoms with Gasteiger partial charge in [-0.3, -0.25) is 0 Å². The molecule has 0 aliphatic carbocycles. The number of hydrogen-bond acceptors (Lipinski definition) is 2. The van der Waals surface area contributed by atoms with Crippen LogP contribution in [0.25, 0.3) is 0 Å². The van der Waals surface area contributed by atoms with E-state index < -0.39 is 10.0 Å². The van der Waals surface area contributed by atoms with E-state index in [1.807, 2.05) is 12.1 Å². The first kappa shape index (κ1) is 12.3. The molecule has 0 aromatic heterocycles. The fourth-order valence-electron chi connectivity index (χ4n) is 2.19. The second-order valence-corrected chi connectivity index (χ2v) is 6.45. The van der Waals surface area contributed by atoms with Crippen molar-refractivity contribution in [2.24, 2.45) is 11.8 Å². The van der Waals surface area contributed by atoms with Crippen molar-refractivity contribution < 1.29 is 8.42 Å². The maximum atomic E-state index is 12.3. The Morgan fingerprint density at radius 2 is 1.94 bits per heavy atom. The summed E-state index contributed by atoms with van der Waals surface area (Å²) in [5.74, 6) is 0.597. The molecule has 0 unspecified atom stereocenters. The molecule has 2 atom stereocenters. The van der Waals surface area contributed by atoms with Gasteiger partial charge in [0, 0.05) is 13.1 Å². The smallest absolute Gasteiger partial charge is 0.207 e. The first-order valence-electron chi connectivity index (χ1n) is 5.73. The molecule has 1 aliphatic heterocycles. The van der Waals surface area contributed by atoms with Crippen LogP contribution < -0.4 is 0 Å². The summed E-state index contributed by atoms with van der Waals surface area (Å²) in [6, 6.07) is 8.59.